The number of ether oxygens (including phenoxy) is 1. The van der Waals surface area contributed by atoms with E-state index in [2.05, 4.69) is 20.4 Å². The van der Waals surface area contributed by atoms with Gasteiger partial charge in [-0.2, -0.15) is 0 Å². The normalized spacial score (nSPS) is 9.00. The lowest BCUT2D eigenvalue weighted by Gasteiger charge is -2.04. The summed E-state index contributed by atoms with van der Waals surface area (Å²) >= 11 is 6.17. The number of methoxy groups -OCH3 is 1. The molecule has 70 valence electrons. The number of amides is 1. The van der Waals surface area contributed by atoms with Crippen molar-refractivity contribution < 1.29 is 9.53 Å². The Labute approximate surface area is 84.1 Å². The number of carbonyl (C=O) groups excluding carboxylic acids is 1. The fourth-order valence-electron chi connectivity index (χ4n) is 0.557. The topological polar surface area (TPSA) is 63.2 Å². The van der Waals surface area contributed by atoms with Crippen molar-refractivity contribution in [1.82, 2.24) is 10.3 Å². The molecule has 0 saturated carbocycles. The van der Waals surface area contributed by atoms with Gasteiger partial charge in [-0.1, -0.05) is 0 Å². The van der Waals surface area contributed by atoms with Gasteiger partial charge in [-0.25, -0.2) is 9.78 Å². The van der Waals surface area contributed by atoms with Gasteiger partial charge in [-0.05, 0) is 12.2 Å². The number of anilines is 1. The Kier molecular flexibility index (Phi) is 3.59. The summed E-state index contributed by atoms with van der Waals surface area (Å²) in [4.78, 5) is 14.6. The van der Waals surface area contributed by atoms with E-state index in [4.69, 9.17) is 12.2 Å². The van der Waals surface area contributed by atoms with Crippen molar-refractivity contribution in [3.8, 4) is 0 Å². The summed E-state index contributed by atoms with van der Waals surface area (Å²) in [5.74, 6) is 0. The number of rotatable bonds is 1. The van der Waals surface area contributed by atoms with Crippen LogP contribution in [0.4, 0.5) is 9.93 Å². The molecule has 0 atom stereocenters. The quantitative estimate of drug-likeness (QED) is 0.692. The molecule has 13 heavy (non-hydrogen) atoms. The van der Waals surface area contributed by atoms with Crippen molar-refractivity contribution in [2.45, 2.75) is 0 Å². The molecule has 1 amide bonds. The number of nitrogens with one attached hydrogen (secondary N) is 2. The van der Waals surface area contributed by atoms with Gasteiger partial charge in [0.1, 0.15) is 0 Å². The SMILES string of the molecule is COC(=O)NC(=S)Nc1nccs1. The van der Waals surface area contributed by atoms with Crippen LogP contribution in [0.3, 0.4) is 0 Å². The van der Waals surface area contributed by atoms with Crippen molar-refractivity contribution >= 4 is 39.9 Å². The summed E-state index contributed by atoms with van der Waals surface area (Å²) in [6.45, 7) is 0. The van der Waals surface area contributed by atoms with E-state index in [1.165, 1.54) is 18.4 Å². The molecule has 1 aromatic rings. The van der Waals surface area contributed by atoms with E-state index in [9.17, 15) is 4.79 Å². The van der Waals surface area contributed by atoms with Crippen LogP contribution in [0.1, 0.15) is 0 Å². The number of thiazole rings is 1. The highest BCUT2D eigenvalue weighted by atomic mass is 32.1. The third-order valence-electron chi connectivity index (χ3n) is 1.05. The first-order chi connectivity index (χ1) is 6.22. The van der Waals surface area contributed by atoms with E-state index in [0.29, 0.717) is 5.13 Å². The van der Waals surface area contributed by atoms with E-state index in [0.717, 1.165) is 0 Å². The van der Waals surface area contributed by atoms with Crippen LogP contribution in [0.15, 0.2) is 11.6 Å². The predicted octanol–water partition coefficient (Wildman–Crippen LogP) is 1.20. The zero-order chi connectivity index (χ0) is 9.68. The fraction of sp³-hybridized carbons (Fsp3) is 0.167. The van der Waals surface area contributed by atoms with Gasteiger partial charge in [-0.15, -0.1) is 11.3 Å². The van der Waals surface area contributed by atoms with Crippen LogP contribution in [0.2, 0.25) is 0 Å². The van der Waals surface area contributed by atoms with E-state index in [1.807, 2.05) is 0 Å². The lowest BCUT2D eigenvalue weighted by atomic mass is 10.9. The van der Waals surface area contributed by atoms with E-state index in [-0.39, 0.29) is 5.11 Å². The highest BCUT2D eigenvalue weighted by molar-refractivity contribution is 7.80. The average molecular weight is 217 g/mol. The van der Waals surface area contributed by atoms with Gasteiger partial charge in [0.2, 0.25) is 0 Å². The smallest absolute Gasteiger partial charge is 0.413 e. The molecule has 2 N–H and O–H groups in total. The standard InChI is InChI=1S/C6H7N3O2S2/c1-11-6(10)9-4(12)8-5-7-2-3-13-5/h2-3H,1H3,(H2,7,8,9,10,12). The maximum atomic E-state index is 10.7. The summed E-state index contributed by atoms with van der Waals surface area (Å²) in [6.07, 6.45) is 1.03. The highest BCUT2D eigenvalue weighted by Crippen LogP contribution is 2.09. The fourth-order valence-corrected chi connectivity index (χ4v) is 1.34. The van der Waals surface area contributed by atoms with Gasteiger partial charge < -0.3 is 10.1 Å². The maximum absolute atomic E-state index is 10.7. The molecule has 0 saturated heterocycles. The van der Waals surface area contributed by atoms with Gasteiger partial charge in [0.25, 0.3) is 0 Å². The molecule has 5 nitrogen and oxygen atoms in total. The summed E-state index contributed by atoms with van der Waals surface area (Å²) in [5, 5.41) is 7.60. The predicted molar refractivity (Wildman–Crippen MR) is 53.9 cm³/mol. The number of aromatic nitrogens is 1. The summed E-state index contributed by atoms with van der Waals surface area (Å²) < 4.78 is 4.35. The van der Waals surface area contributed by atoms with Crippen LogP contribution < -0.4 is 10.6 Å². The number of hydrogen-bond acceptors (Lipinski definition) is 5. The molecule has 7 heteroatoms. The molecule has 0 fully saturated rings. The van der Waals surface area contributed by atoms with Crippen LogP contribution in [0.25, 0.3) is 0 Å². The first-order valence-corrected chi connectivity index (χ1v) is 4.56. The molecule has 1 heterocycles. The first kappa shape index (κ1) is 9.87. The largest absolute Gasteiger partial charge is 0.453 e. The number of nitrogens with zero attached hydrogens (tertiary/aromatic N) is 1. The number of alkyl carbamates (subject to hydrolysis) is 1. The molecule has 0 aliphatic heterocycles. The number of thiocarbonyl (C=S) groups is 1. The second kappa shape index (κ2) is 4.73. The van der Waals surface area contributed by atoms with Crippen molar-refractivity contribution in [2.24, 2.45) is 0 Å². The molecule has 0 aliphatic carbocycles. The van der Waals surface area contributed by atoms with Crippen molar-refractivity contribution in [3.63, 3.8) is 0 Å². The molecular formula is C6H7N3O2S2. The molecule has 0 spiro atoms. The van der Waals surface area contributed by atoms with Crippen LogP contribution in [-0.2, 0) is 4.74 Å². The minimum absolute atomic E-state index is 0.168. The second-order valence-electron chi connectivity index (χ2n) is 1.91. The third-order valence-corrected chi connectivity index (χ3v) is 1.95. The van der Waals surface area contributed by atoms with Crippen LogP contribution in [0.5, 0.6) is 0 Å². The molecular weight excluding hydrogens is 210 g/mol. The lowest BCUT2D eigenvalue weighted by Crippen LogP contribution is -2.33. The Morgan fingerprint density at radius 3 is 3.08 bits per heavy atom. The number of hydrogen-bond donors (Lipinski definition) is 2. The van der Waals surface area contributed by atoms with Crippen LogP contribution in [0, 0.1) is 0 Å². The van der Waals surface area contributed by atoms with Gasteiger partial charge in [0.05, 0.1) is 7.11 Å². The van der Waals surface area contributed by atoms with Crippen molar-refractivity contribution in [3.05, 3.63) is 11.6 Å². The minimum atomic E-state index is -0.603. The summed E-state index contributed by atoms with van der Waals surface area (Å²) in [6, 6.07) is 0. The molecule has 0 aliphatic rings. The van der Waals surface area contributed by atoms with E-state index < -0.39 is 6.09 Å². The van der Waals surface area contributed by atoms with Crippen molar-refractivity contribution in [1.29, 1.82) is 0 Å². The second-order valence-corrected chi connectivity index (χ2v) is 3.21. The van der Waals surface area contributed by atoms with Gasteiger partial charge in [-0.3, -0.25) is 5.32 Å². The monoisotopic (exact) mass is 217 g/mol. The molecule has 0 unspecified atom stereocenters. The Morgan fingerprint density at radius 2 is 2.54 bits per heavy atom. The lowest BCUT2D eigenvalue weighted by molar-refractivity contribution is 0.177. The third kappa shape index (κ3) is 3.34. The first-order valence-electron chi connectivity index (χ1n) is 3.28. The highest BCUT2D eigenvalue weighted by Gasteiger charge is 2.03. The molecule has 1 rings (SSSR count). The van der Waals surface area contributed by atoms with Gasteiger partial charge >= 0.3 is 6.09 Å². The van der Waals surface area contributed by atoms with Crippen LogP contribution >= 0.6 is 23.6 Å². The van der Waals surface area contributed by atoms with Gasteiger partial charge in [0, 0.05) is 11.6 Å². The zero-order valence-electron chi connectivity index (χ0n) is 6.73. The Bertz CT molecular complexity index is 299. The maximum Gasteiger partial charge on any atom is 0.413 e. The molecule has 0 aromatic carbocycles. The van der Waals surface area contributed by atoms with E-state index >= 15 is 0 Å². The summed E-state index contributed by atoms with van der Waals surface area (Å²) in [7, 11) is 1.27. The minimum Gasteiger partial charge on any atom is -0.453 e. The zero-order valence-corrected chi connectivity index (χ0v) is 8.37. The Balaban J connectivity index is 2.38. The molecule has 1 aromatic heterocycles. The molecule has 0 bridgehead atoms. The number of carbonyl (C=O) groups is 1. The van der Waals surface area contributed by atoms with Crippen LogP contribution in [-0.4, -0.2) is 23.3 Å². The average Bonchev–Trinajstić information content (AvgIpc) is 2.56. The Hall–Kier alpha value is -1.21. The molecule has 0 radical (unpaired) electrons. The van der Waals surface area contributed by atoms with E-state index in [1.54, 1.807) is 11.6 Å². The van der Waals surface area contributed by atoms with Gasteiger partial charge in [0.15, 0.2) is 10.2 Å². The van der Waals surface area contributed by atoms with Crippen molar-refractivity contribution in [2.75, 3.05) is 12.4 Å². The summed E-state index contributed by atoms with van der Waals surface area (Å²) in [5.41, 5.74) is 0. The Morgan fingerprint density at radius 1 is 1.77 bits per heavy atom.